The summed E-state index contributed by atoms with van der Waals surface area (Å²) in [4.78, 5) is 14.7. The van der Waals surface area contributed by atoms with Crippen molar-refractivity contribution in [2.24, 2.45) is 5.92 Å². The van der Waals surface area contributed by atoms with Crippen LogP contribution in [0.3, 0.4) is 0 Å². The fraction of sp³-hybridized carbons (Fsp3) is 0.562. The lowest BCUT2D eigenvalue weighted by molar-refractivity contribution is -0.139. The van der Waals surface area contributed by atoms with Crippen molar-refractivity contribution >= 4 is 5.78 Å². The SMILES string of the molecule is O=C1C[C@@H]2OCC[C@@H]3C[C@H]1N(Cc1ccccc1)[C@@H]32. The summed E-state index contributed by atoms with van der Waals surface area (Å²) >= 11 is 0. The first-order chi connectivity index (χ1) is 9.33. The fourth-order valence-corrected chi connectivity index (χ4v) is 4.16. The van der Waals surface area contributed by atoms with Crippen LogP contribution in [0.2, 0.25) is 0 Å². The van der Waals surface area contributed by atoms with Crippen LogP contribution in [-0.4, -0.2) is 35.5 Å². The summed E-state index contributed by atoms with van der Waals surface area (Å²) in [6.07, 6.45) is 2.96. The molecule has 0 saturated carbocycles. The minimum Gasteiger partial charge on any atom is -0.376 e. The van der Waals surface area contributed by atoms with Crippen LogP contribution in [0.1, 0.15) is 24.8 Å². The Hall–Kier alpha value is -1.19. The van der Waals surface area contributed by atoms with E-state index in [1.54, 1.807) is 0 Å². The molecule has 3 aliphatic heterocycles. The van der Waals surface area contributed by atoms with Gasteiger partial charge in [-0.15, -0.1) is 0 Å². The molecule has 3 aliphatic rings. The molecule has 4 atom stereocenters. The van der Waals surface area contributed by atoms with E-state index in [9.17, 15) is 4.79 Å². The van der Waals surface area contributed by atoms with E-state index >= 15 is 0 Å². The molecule has 0 spiro atoms. The molecular formula is C16H19NO2. The first kappa shape index (κ1) is 11.6. The maximum absolute atomic E-state index is 12.3. The van der Waals surface area contributed by atoms with Gasteiger partial charge in [-0.25, -0.2) is 0 Å². The predicted octanol–water partition coefficient (Wildman–Crippen LogP) is 2.01. The van der Waals surface area contributed by atoms with Crippen LogP contribution in [-0.2, 0) is 16.1 Å². The average molecular weight is 257 g/mol. The number of hydrogen-bond acceptors (Lipinski definition) is 3. The highest BCUT2D eigenvalue weighted by Crippen LogP contribution is 2.44. The molecule has 0 aromatic heterocycles. The van der Waals surface area contributed by atoms with Gasteiger partial charge in [0.15, 0.2) is 5.78 Å². The number of ether oxygens (including phenoxy) is 1. The Labute approximate surface area is 113 Å². The molecule has 2 bridgehead atoms. The van der Waals surface area contributed by atoms with E-state index in [0.717, 1.165) is 26.0 Å². The predicted molar refractivity (Wildman–Crippen MR) is 71.6 cm³/mol. The standard InChI is InChI=1S/C16H19NO2/c18-14-9-15-16-12(6-7-19-15)8-13(14)17(16)10-11-4-2-1-3-5-11/h1-5,12-13,15-16H,6-10H2/t12-,13-,15+,16+/m1/s1. The minimum atomic E-state index is 0.146. The largest absolute Gasteiger partial charge is 0.376 e. The van der Waals surface area contributed by atoms with Crippen molar-refractivity contribution in [3.63, 3.8) is 0 Å². The minimum absolute atomic E-state index is 0.146. The third-order valence-electron chi connectivity index (χ3n) is 4.98. The lowest BCUT2D eigenvalue weighted by Gasteiger charge is -2.42. The first-order valence-corrected chi connectivity index (χ1v) is 7.27. The quantitative estimate of drug-likeness (QED) is 0.811. The van der Waals surface area contributed by atoms with E-state index in [-0.39, 0.29) is 12.1 Å². The third kappa shape index (κ3) is 1.84. The van der Waals surface area contributed by atoms with E-state index in [4.69, 9.17) is 4.74 Å². The molecule has 0 unspecified atom stereocenters. The molecule has 1 aromatic carbocycles. The van der Waals surface area contributed by atoms with E-state index in [1.165, 1.54) is 5.56 Å². The van der Waals surface area contributed by atoms with Crippen LogP contribution in [0.25, 0.3) is 0 Å². The number of carbonyl (C=O) groups excluding carboxylic acids is 1. The van der Waals surface area contributed by atoms with Crippen LogP contribution in [0.5, 0.6) is 0 Å². The Morgan fingerprint density at radius 2 is 2.11 bits per heavy atom. The van der Waals surface area contributed by atoms with E-state index < -0.39 is 0 Å². The molecule has 3 heterocycles. The van der Waals surface area contributed by atoms with Gasteiger partial charge in [0.1, 0.15) is 0 Å². The smallest absolute Gasteiger partial charge is 0.152 e. The molecule has 0 amide bonds. The second-order valence-corrected chi connectivity index (χ2v) is 6.03. The van der Waals surface area contributed by atoms with E-state index in [1.807, 2.05) is 6.07 Å². The number of benzene rings is 1. The molecular weight excluding hydrogens is 238 g/mol. The summed E-state index contributed by atoms with van der Waals surface area (Å²) in [5.41, 5.74) is 1.30. The Morgan fingerprint density at radius 1 is 1.26 bits per heavy atom. The summed E-state index contributed by atoms with van der Waals surface area (Å²) in [5.74, 6) is 1.06. The molecule has 0 N–H and O–H groups in total. The van der Waals surface area contributed by atoms with Crippen molar-refractivity contribution in [1.29, 1.82) is 0 Å². The van der Waals surface area contributed by atoms with E-state index in [2.05, 4.69) is 29.2 Å². The number of Topliss-reactive ketones (excluding diaryl/α,β-unsaturated/α-hetero) is 1. The van der Waals surface area contributed by atoms with Crippen molar-refractivity contribution in [2.75, 3.05) is 6.61 Å². The van der Waals surface area contributed by atoms with Crippen molar-refractivity contribution in [3.8, 4) is 0 Å². The summed E-state index contributed by atoms with van der Waals surface area (Å²) in [6.45, 7) is 1.73. The lowest BCUT2D eigenvalue weighted by Crippen LogP contribution is -2.55. The highest BCUT2D eigenvalue weighted by molar-refractivity contribution is 5.86. The molecule has 3 heteroatoms. The normalized spacial score (nSPS) is 37.6. The van der Waals surface area contributed by atoms with Gasteiger partial charge < -0.3 is 4.74 Å². The fourth-order valence-electron chi connectivity index (χ4n) is 4.16. The monoisotopic (exact) mass is 257 g/mol. The van der Waals surface area contributed by atoms with Gasteiger partial charge in [-0.3, -0.25) is 9.69 Å². The van der Waals surface area contributed by atoms with Gasteiger partial charge in [-0.2, -0.15) is 0 Å². The number of ketones is 1. The number of hydrogen-bond donors (Lipinski definition) is 0. The van der Waals surface area contributed by atoms with Crippen molar-refractivity contribution in [3.05, 3.63) is 35.9 Å². The summed E-state index contributed by atoms with van der Waals surface area (Å²) in [6, 6.07) is 11.1. The summed E-state index contributed by atoms with van der Waals surface area (Å²) in [7, 11) is 0. The molecule has 3 fully saturated rings. The van der Waals surface area contributed by atoms with Crippen LogP contribution >= 0.6 is 0 Å². The maximum Gasteiger partial charge on any atom is 0.152 e. The highest BCUT2D eigenvalue weighted by atomic mass is 16.5. The second kappa shape index (κ2) is 4.43. The highest BCUT2D eigenvalue weighted by Gasteiger charge is 2.53. The zero-order valence-corrected chi connectivity index (χ0v) is 11.0. The summed E-state index contributed by atoms with van der Waals surface area (Å²) in [5, 5.41) is 0. The molecule has 1 aromatic rings. The number of carbonyl (C=O) groups is 1. The van der Waals surface area contributed by atoms with Crippen LogP contribution in [0.4, 0.5) is 0 Å². The number of piperidine rings is 1. The van der Waals surface area contributed by atoms with Gasteiger partial charge in [0.25, 0.3) is 0 Å². The third-order valence-corrected chi connectivity index (χ3v) is 4.98. The average Bonchev–Trinajstić information content (AvgIpc) is 2.76. The van der Waals surface area contributed by atoms with Gasteiger partial charge in [0.2, 0.25) is 0 Å². The second-order valence-electron chi connectivity index (χ2n) is 6.03. The lowest BCUT2D eigenvalue weighted by atomic mass is 9.89. The molecule has 100 valence electrons. The van der Waals surface area contributed by atoms with Crippen LogP contribution in [0.15, 0.2) is 30.3 Å². The van der Waals surface area contributed by atoms with E-state index in [0.29, 0.717) is 24.2 Å². The topological polar surface area (TPSA) is 29.5 Å². The van der Waals surface area contributed by atoms with Crippen LogP contribution < -0.4 is 0 Å². The Bertz CT molecular complexity index is 487. The van der Waals surface area contributed by atoms with Crippen molar-refractivity contribution in [1.82, 2.24) is 4.90 Å². The Morgan fingerprint density at radius 3 is 2.95 bits per heavy atom. The molecule has 19 heavy (non-hydrogen) atoms. The molecule has 4 rings (SSSR count). The van der Waals surface area contributed by atoms with Gasteiger partial charge in [-0.1, -0.05) is 30.3 Å². The van der Waals surface area contributed by atoms with Crippen molar-refractivity contribution < 1.29 is 9.53 Å². The number of nitrogens with zero attached hydrogens (tertiary/aromatic N) is 1. The van der Waals surface area contributed by atoms with Gasteiger partial charge in [0, 0.05) is 25.6 Å². The molecule has 3 saturated heterocycles. The Kier molecular flexibility index (Phi) is 2.71. The molecule has 0 aliphatic carbocycles. The maximum atomic E-state index is 12.3. The van der Waals surface area contributed by atoms with Crippen LogP contribution in [0, 0.1) is 5.92 Å². The number of fused-ring (bicyclic) bond motifs is 1. The van der Waals surface area contributed by atoms with Gasteiger partial charge >= 0.3 is 0 Å². The zero-order chi connectivity index (χ0) is 12.8. The number of rotatable bonds is 2. The van der Waals surface area contributed by atoms with Gasteiger partial charge in [-0.05, 0) is 24.3 Å². The zero-order valence-electron chi connectivity index (χ0n) is 11.0. The van der Waals surface area contributed by atoms with Crippen molar-refractivity contribution in [2.45, 2.75) is 44.0 Å². The first-order valence-electron chi connectivity index (χ1n) is 7.27. The molecule has 3 nitrogen and oxygen atoms in total. The summed E-state index contributed by atoms with van der Waals surface area (Å²) < 4.78 is 5.85. The molecule has 0 radical (unpaired) electrons. The Balaban J connectivity index is 1.63. The van der Waals surface area contributed by atoms with Gasteiger partial charge in [0.05, 0.1) is 12.1 Å².